The molecule has 2 aromatic carbocycles. The monoisotopic (exact) mass is 647 g/mol. The van der Waals surface area contributed by atoms with Crippen molar-refractivity contribution < 1.29 is 31.5 Å². The van der Waals surface area contributed by atoms with Crippen LogP contribution in [0.5, 0.6) is 5.75 Å². The minimum Gasteiger partial charge on any atom is -0.490 e. The average Bonchev–Trinajstić information content (AvgIpc) is 3.38. The van der Waals surface area contributed by atoms with Crippen LogP contribution in [0.4, 0.5) is 8.78 Å². The SMILES string of the molecule is CCc1c(F)cccc1-c1cc(C(C)(C)C(=O)NS(=O)(=O)C(C)C)ccc1O[C@@H]1CC[C@@H](NC(=O)[C@@]2(F)CNCC(C)(C)C2)C1. The van der Waals surface area contributed by atoms with Crippen molar-refractivity contribution in [2.45, 2.75) is 109 Å². The van der Waals surface area contributed by atoms with Crippen molar-refractivity contribution in [2.75, 3.05) is 13.1 Å². The number of ether oxygens (including phenoxy) is 1. The van der Waals surface area contributed by atoms with Gasteiger partial charge in [0.2, 0.25) is 21.6 Å². The standard InChI is InChI=1S/C34H47F2N3O5S/c1-8-25-26(10-9-11-28(25)35)27-16-22(33(6,7)30(40)39-45(42,43)21(2)3)12-15-29(27)44-24-14-13-23(17-24)38-31(41)34(36)18-32(4,5)19-37-20-34/h9-12,15-16,21,23-24,37H,8,13-14,17-20H2,1-7H3,(H,38,41)(H,39,40)/t23-,24-,34+/m1/s1. The molecule has 3 atom stereocenters. The van der Waals surface area contributed by atoms with Gasteiger partial charge in [-0.15, -0.1) is 0 Å². The molecule has 2 amide bonds. The van der Waals surface area contributed by atoms with Crippen LogP contribution in [0.1, 0.15) is 85.3 Å². The fourth-order valence-corrected chi connectivity index (χ4v) is 6.97. The van der Waals surface area contributed by atoms with E-state index in [1.54, 1.807) is 44.2 Å². The molecule has 2 fully saturated rings. The lowest BCUT2D eigenvalue weighted by Gasteiger charge is -2.39. The summed E-state index contributed by atoms with van der Waals surface area (Å²) < 4.78 is 64.2. The number of hydrogen-bond donors (Lipinski definition) is 3. The van der Waals surface area contributed by atoms with E-state index >= 15 is 4.39 Å². The van der Waals surface area contributed by atoms with Crippen LogP contribution in [0.2, 0.25) is 0 Å². The molecule has 0 aromatic heterocycles. The maximum Gasteiger partial charge on any atom is 0.259 e. The van der Waals surface area contributed by atoms with Crippen molar-refractivity contribution in [3.63, 3.8) is 0 Å². The predicted octanol–water partition coefficient (Wildman–Crippen LogP) is 5.33. The molecular weight excluding hydrogens is 600 g/mol. The first-order valence-corrected chi connectivity index (χ1v) is 17.3. The Morgan fingerprint density at radius 1 is 1.11 bits per heavy atom. The fourth-order valence-electron chi connectivity index (χ4n) is 6.22. The smallest absolute Gasteiger partial charge is 0.259 e. The summed E-state index contributed by atoms with van der Waals surface area (Å²) in [7, 11) is -3.85. The van der Waals surface area contributed by atoms with E-state index in [2.05, 4.69) is 15.4 Å². The number of nitrogens with one attached hydrogen (secondary N) is 3. The molecule has 1 aliphatic heterocycles. The van der Waals surface area contributed by atoms with Gasteiger partial charge in [0.1, 0.15) is 17.7 Å². The van der Waals surface area contributed by atoms with Gasteiger partial charge in [-0.2, -0.15) is 0 Å². The molecule has 0 spiro atoms. The molecule has 1 heterocycles. The molecule has 4 rings (SSSR count). The number of carbonyl (C=O) groups excluding carboxylic acids is 2. The Morgan fingerprint density at radius 3 is 2.47 bits per heavy atom. The summed E-state index contributed by atoms with van der Waals surface area (Å²) in [6, 6.07) is 9.73. The van der Waals surface area contributed by atoms with E-state index in [0.717, 1.165) is 0 Å². The Morgan fingerprint density at radius 2 is 1.82 bits per heavy atom. The first-order valence-electron chi connectivity index (χ1n) is 15.7. The first-order chi connectivity index (χ1) is 20.9. The van der Waals surface area contributed by atoms with E-state index in [9.17, 15) is 22.4 Å². The number of alkyl halides is 1. The molecule has 11 heteroatoms. The van der Waals surface area contributed by atoms with Gasteiger partial charge >= 0.3 is 0 Å². The zero-order valence-electron chi connectivity index (χ0n) is 27.4. The second-order valence-corrected chi connectivity index (χ2v) is 16.4. The van der Waals surface area contributed by atoms with E-state index in [1.165, 1.54) is 19.9 Å². The number of rotatable bonds is 10. The largest absolute Gasteiger partial charge is 0.490 e. The Bertz CT molecular complexity index is 1540. The number of piperidine rings is 1. The maximum absolute atomic E-state index is 15.6. The van der Waals surface area contributed by atoms with Crippen LogP contribution in [-0.4, -0.2) is 56.4 Å². The fraction of sp³-hybridized carbons (Fsp3) is 0.588. The normalized spacial score (nSPS) is 23.5. The molecule has 1 aliphatic carbocycles. The molecule has 0 bridgehead atoms. The summed E-state index contributed by atoms with van der Waals surface area (Å²) in [5.74, 6) is -1.18. The van der Waals surface area contributed by atoms with Gasteiger partial charge in [-0.1, -0.05) is 39.0 Å². The summed E-state index contributed by atoms with van der Waals surface area (Å²) in [6.07, 6.45) is 1.99. The number of halogens is 2. The van der Waals surface area contributed by atoms with Crippen molar-refractivity contribution in [1.29, 1.82) is 0 Å². The van der Waals surface area contributed by atoms with Crippen molar-refractivity contribution in [3.8, 4) is 16.9 Å². The van der Waals surface area contributed by atoms with Crippen LogP contribution in [0.15, 0.2) is 36.4 Å². The van der Waals surface area contributed by atoms with Crippen LogP contribution in [-0.2, 0) is 31.4 Å². The van der Waals surface area contributed by atoms with Gasteiger partial charge < -0.3 is 15.4 Å². The van der Waals surface area contributed by atoms with Gasteiger partial charge in [-0.3, -0.25) is 14.3 Å². The highest BCUT2D eigenvalue weighted by molar-refractivity contribution is 7.90. The minimum absolute atomic E-state index is 0.0181. The van der Waals surface area contributed by atoms with Gasteiger partial charge in [0, 0.05) is 31.1 Å². The van der Waals surface area contributed by atoms with Crippen molar-refractivity contribution in [3.05, 3.63) is 53.3 Å². The Balaban J connectivity index is 1.60. The van der Waals surface area contributed by atoms with Crippen molar-refractivity contribution in [2.24, 2.45) is 5.41 Å². The summed E-state index contributed by atoms with van der Waals surface area (Å²) >= 11 is 0. The number of amides is 2. The summed E-state index contributed by atoms with van der Waals surface area (Å²) in [5, 5.41) is 5.16. The van der Waals surface area contributed by atoms with Gasteiger partial charge in [0.15, 0.2) is 0 Å². The number of sulfonamides is 1. The first kappa shape index (κ1) is 34.8. The molecule has 8 nitrogen and oxygen atoms in total. The van der Waals surface area contributed by atoms with Crippen LogP contribution < -0.4 is 20.1 Å². The second kappa shape index (κ2) is 13.0. The van der Waals surface area contributed by atoms with Gasteiger partial charge in [0.05, 0.1) is 10.7 Å². The highest BCUT2D eigenvalue weighted by Gasteiger charge is 2.47. The highest BCUT2D eigenvalue weighted by Crippen LogP contribution is 2.40. The molecule has 1 saturated carbocycles. The van der Waals surface area contributed by atoms with Gasteiger partial charge in [-0.05, 0) is 93.7 Å². The third-order valence-corrected chi connectivity index (χ3v) is 10.8. The number of hydrogen-bond acceptors (Lipinski definition) is 6. The second-order valence-electron chi connectivity index (χ2n) is 14.1. The summed E-state index contributed by atoms with van der Waals surface area (Å²) in [5.41, 5.74) is -1.37. The highest BCUT2D eigenvalue weighted by atomic mass is 32.2. The molecule has 2 aromatic rings. The van der Waals surface area contributed by atoms with Crippen LogP contribution in [0.3, 0.4) is 0 Å². The quantitative estimate of drug-likeness (QED) is 0.321. The molecule has 0 unspecified atom stereocenters. The topological polar surface area (TPSA) is 114 Å². The van der Waals surface area contributed by atoms with Crippen LogP contribution in [0.25, 0.3) is 11.1 Å². The van der Waals surface area contributed by atoms with E-state index in [0.29, 0.717) is 60.2 Å². The molecule has 0 radical (unpaired) electrons. The summed E-state index contributed by atoms with van der Waals surface area (Å²) in [6.45, 7) is 12.6. The van der Waals surface area contributed by atoms with Crippen molar-refractivity contribution in [1.82, 2.24) is 15.4 Å². The van der Waals surface area contributed by atoms with Gasteiger partial charge in [0.25, 0.3) is 5.91 Å². The van der Waals surface area contributed by atoms with E-state index in [-0.39, 0.29) is 36.3 Å². The predicted molar refractivity (Wildman–Crippen MR) is 172 cm³/mol. The van der Waals surface area contributed by atoms with Crippen LogP contribution in [0, 0.1) is 11.2 Å². The van der Waals surface area contributed by atoms with Crippen molar-refractivity contribution >= 4 is 21.8 Å². The number of benzene rings is 2. The third kappa shape index (κ3) is 7.68. The molecule has 2 aliphatic rings. The lowest BCUT2D eigenvalue weighted by atomic mass is 9.77. The lowest BCUT2D eigenvalue weighted by molar-refractivity contribution is -0.137. The van der Waals surface area contributed by atoms with E-state index < -0.39 is 38.2 Å². The number of carbonyl (C=O) groups is 2. The third-order valence-electron chi connectivity index (χ3n) is 9.07. The zero-order valence-corrected chi connectivity index (χ0v) is 28.2. The Kier molecular flexibility index (Phi) is 10.0. The molecule has 248 valence electrons. The Hall–Kier alpha value is -3.05. The van der Waals surface area contributed by atoms with Crippen LogP contribution >= 0.6 is 0 Å². The Labute approximate surface area is 266 Å². The zero-order chi connectivity index (χ0) is 33.4. The van der Waals surface area contributed by atoms with E-state index in [1.807, 2.05) is 20.8 Å². The molecule has 3 N–H and O–H groups in total. The van der Waals surface area contributed by atoms with E-state index in [4.69, 9.17) is 4.74 Å². The lowest BCUT2D eigenvalue weighted by Crippen LogP contribution is -2.59. The maximum atomic E-state index is 15.6. The molecule has 1 saturated heterocycles. The van der Waals surface area contributed by atoms with Gasteiger partial charge in [-0.25, -0.2) is 17.2 Å². The average molecular weight is 648 g/mol. The minimum atomic E-state index is -3.85. The summed E-state index contributed by atoms with van der Waals surface area (Å²) in [4.78, 5) is 26.2. The molecular formula is C34H47F2N3O5S. The molecule has 45 heavy (non-hydrogen) atoms.